The summed E-state index contributed by atoms with van der Waals surface area (Å²) in [5, 5.41) is 2.82. The van der Waals surface area contributed by atoms with E-state index in [-0.39, 0.29) is 12.4 Å². The molecule has 3 rings (SSSR count). The molecule has 2 nitrogen and oxygen atoms in total. The van der Waals surface area contributed by atoms with Crippen molar-refractivity contribution in [3.8, 4) is 11.5 Å². The summed E-state index contributed by atoms with van der Waals surface area (Å²) in [5.74, 6) is 2.16. The van der Waals surface area contributed by atoms with Crippen LogP contribution in [0.1, 0.15) is 32.1 Å². The first-order chi connectivity index (χ1) is 14.1. The van der Waals surface area contributed by atoms with Gasteiger partial charge in [0.1, 0.15) is 0 Å². The molecule has 0 N–H and O–H groups in total. The third kappa shape index (κ3) is 7.92. The molecular formula is C24H39ClCrO2PSi2. The van der Waals surface area contributed by atoms with Gasteiger partial charge in [-0.25, -0.2) is 0 Å². The van der Waals surface area contributed by atoms with E-state index < -0.39 is 30.5 Å². The van der Waals surface area contributed by atoms with Gasteiger partial charge in [0, 0.05) is 0 Å². The van der Waals surface area contributed by atoms with E-state index in [1.165, 1.54) is 42.5 Å². The van der Waals surface area contributed by atoms with Crippen molar-refractivity contribution in [2.24, 2.45) is 0 Å². The molecular weight excluding hydrogens is 495 g/mol. The van der Waals surface area contributed by atoms with E-state index in [2.05, 4.69) is 87.8 Å². The molecule has 0 saturated heterocycles. The summed E-state index contributed by atoms with van der Waals surface area (Å²) in [6.45, 7) is 14.4. The minimum Gasteiger partial charge on any atom is -0.147 e. The third-order valence-electron chi connectivity index (χ3n) is 5.59. The number of rotatable bonds is 8. The Bertz CT molecular complexity index is 773. The van der Waals surface area contributed by atoms with Crippen LogP contribution in [0.15, 0.2) is 48.5 Å². The summed E-state index contributed by atoms with van der Waals surface area (Å²) < 4.78 is 13.6. The topological polar surface area (TPSA) is 18.5 Å². The van der Waals surface area contributed by atoms with Crippen LogP contribution in [-0.2, 0) is 14.4 Å². The fourth-order valence-electron chi connectivity index (χ4n) is 3.90. The molecule has 1 saturated carbocycles. The second-order valence-corrected chi connectivity index (χ2v) is 25.2. The minimum absolute atomic E-state index is 0. The van der Waals surface area contributed by atoms with Gasteiger partial charge in [-0.3, -0.25) is 0 Å². The van der Waals surface area contributed by atoms with Crippen molar-refractivity contribution < 1.29 is 21.9 Å². The largest absolute Gasteiger partial charge is 0.147 e. The van der Waals surface area contributed by atoms with Crippen LogP contribution in [0.4, 0.5) is 0 Å². The maximum absolute atomic E-state index is 6.81. The molecule has 0 bridgehead atoms. The van der Waals surface area contributed by atoms with E-state index in [4.69, 9.17) is 7.58 Å². The first-order valence-corrected chi connectivity index (χ1v) is 22.1. The van der Waals surface area contributed by atoms with E-state index in [0.717, 1.165) is 24.4 Å². The van der Waals surface area contributed by atoms with Gasteiger partial charge in [0.05, 0.1) is 0 Å². The van der Waals surface area contributed by atoms with E-state index in [1.54, 1.807) is 0 Å². The average molecular weight is 534 g/mol. The number of hydrogen-bond donors (Lipinski definition) is 0. The average Bonchev–Trinajstić information content (AvgIpc) is 2.68. The van der Waals surface area contributed by atoms with Crippen LogP contribution in [0.25, 0.3) is 0 Å². The molecule has 0 aliphatic heterocycles. The van der Waals surface area contributed by atoms with Crippen molar-refractivity contribution in [1.82, 2.24) is 0 Å². The van der Waals surface area contributed by atoms with E-state index in [0.29, 0.717) is 0 Å². The van der Waals surface area contributed by atoms with Gasteiger partial charge in [-0.15, -0.1) is 12.4 Å². The van der Waals surface area contributed by atoms with Gasteiger partial charge in [0.25, 0.3) is 0 Å². The van der Waals surface area contributed by atoms with Gasteiger partial charge >= 0.3 is 193 Å². The summed E-state index contributed by atoms with van der Waals surface area (Å²) >= 11 is -1.72. The quantitative estimate of drug-likeness (QED) is 0.268. The Hall–Kier alpha value is -0.274. The number of para-hydroxylation sites is 2. The molecule has 2 aromatic carbocycles. The molecule has 31 heavy (non-hydrogen) atoms. The van der Waals surface area contributed by atoms with Gasteiger partial charge in [0.2, 0.25) is 0 Å². The zero-order chi connectivity index (χ0) is 21.8. The van der Waals surface area contributed by atoms with Crippen LogP contribution >= 0.6 is 19.6 Å². The van der Waals surface area contributed by atoms with Crippen molar-refractivity contribution in [3.63, 3.8) is 0 Å². The molecule has 1 aliphatic carbocycles. The first kappa shape index (κ1) is 27.0. The zero-order valence-corrected chi connectivity index (χ0v) is 25.0. The smallest absolute Gasteiger partial charge is 0.147 e. The van der Waals surface area contributed by atoms with Crippen molar-refractivity contribution >= 4 is 46.2 Å². The van der Waals surface area contributed by atoms with Crippen LogP contribution in [-0.4, -0.2) is 21.8 Å². The normalized spacial score (nSPS) is 15.8. The first-order valence-electron chi connectivity index (χ1n) is 11.2. The summed E-state index contributed by atoms with van der Waals surface area (Å²) in [7, 11) is -2.17. The Labute approximate surface area is 204 Å². The monoisotopic (exact) mass is 533 g/mol. The van der Waals surface area contributed by atoms with E-state index >= 15 is 0 Å². The summed E-state index contributed by atoms with van der Waals surface area (Å²) in [6.07, 6.45) is 6.82. The Morgan fingerprint density at radius 3 is 1.55 bits per heavy atom. The maximum Gasteiger partial charge on any atom is -0.147 e. The molecule has 0 heterocycles. The maximum atomic E-state index is 6.81. The van der Waals surface area contributed by atoms with Crippen molar-refractivity contribution in [2.45, 2.75) is 77.0 Å². The van der Waals surface area contributed by atoms with Crippen LogP contribution in [0.3, 0.4) is 0 Å². The van der Waals surface area contributed by atoms with Crippen LogP contribution < -0.4 is 18.0 Å². The Balaban J connectivity index is 0.00000341. The molecule has 0 radical (unpaired) electrons. The van der Waals surface area contributed by atoms with Crippen molar-refractivity contribution in [1.29, 1.82) is 0 Å². The molecule has 0 amide bonds. The molecule has 1 atom stereocenters. The van der Waals surface area contributed by atoms with Crippen LogP contribution in [0.5, 0.6) is 11.5 Å². The fourth-order valence-corrected chi connectivity index (χ4v) is 12.7. The summed E-state index contributed by atoms with van der Waals surface area (Å²) in [5.41, 5.74) is 0.779. The molecule has 2 aromatic rings. The van der Waals surface area contributed by atoms with Crippen LogP contribution in [0.2, 0.25) is 39.3 Å². The molecule has 0 aromatic heterocycles. The van der Waals surface area contributed by atoms with E-state index in [9.17, 15) is 0 Å². The number of hydrogen-bond acceptors (Lipinski definition) is 2. The molecule has 173 valence electrons. The molecule has 1 fully saturated rings. The molecule has 7 heteroatoms. The van der Waals surface area contributed by atoms with Crippen molar-refractivity contribution in [2.75, 3.05) is 0 Å². The predicted molar refractivity (Wildman–Crippen MR) is 143 cm³/mol. The second kappa shape index (κ2) is 11.7. The Kier molecular flexibility index (Phi) is 10.2. The Morgan fingerprint density at radius 2 is 1.13 bits per heavy atom. The van der Waals surface area contributed by atoms with Crippen molar-refractivity contribution in [3.05, 3.63) is 48.5 Å². The zero-order valence-electron chi connectivity index (χ0n) is 19.9. The second-order valence-electron chi connectivity index (χ2n) is 10.3. The summed E-state index contributed by atoms with van der Waals surface area (Å²) in [6, 6.07) is 17.4. The number of benzene rings is 2. The fraction of sp³-hybridized carbons (Fsp3) is 0.500. The number of halogens is 1. The van der Waals surface area contributed by atoms with Gasteiger partial charge in [-0.1, -0.05) is 0 Å². The van der Waals surface area contributed by atoms with E-state index in [1.807, 2.05) is 0 Å². The van der Waals surface area contributed by atoms with Gasteiger partial charge in [0.15, 0.2) is 0 Å². The van der Waals surface area contributed by atoms with Gasteiger partial charge in [-0.05, 0) is 0 Å². The van der Waals surface area contributed by atoms with Gasteiger partial charge < -0.3 is 0 Å². The predicted octanol–water partition coefficient (Wildman–Crippen LogP) is 7.03. The minimum atomic E-state index is -1.72. The summed E-state index contributed by atoms with van der Waals surface area (Å²) in [4.78, 5) is 0. The SMILES string of the molecule is C[Si](C)(C)c1ccccc1[O][Cr]([O]c1ccccc1[Si](C)(C)C)[PH]C1CCCCC1.Cl. The standard InChI is InChI=1S/2C9H14OSi.C6H12P.ClH.Cr/c2*1-11(2,3)9-7-5-4-6-8(9)10;7-6-4-2-1-3-5-6;;/h2*4-7,10H,1-3H3;6-7H,1-5H2;1H;/q;;-1;;+3/p-2. The van der Waals surface area contributed by atoms with Gasteiger partial charge in [-0.2, -0.15) is 0 Å². The molecule has 1 unspecified atom stereocenters. The Morgan fingerprint density at radius 1 is 0.710 bits per heavy atom. The van der Waals surface area contributed by atoms with Crippen LogP contribution in [0, 0.1) is 0 Å². The molecule has 0 spiro atoms. The third-order valence-corrected chi connectivity index (χ3v) is 14.9. The molecule has 1 aliphatic rings.